The highest BCUT2D eigenvalue weighted by atomic mass is 16.5. The number of rotatable bonds is 2. The van der Waals surface area contributed by atoms with Crippen molar-refractivity contribution in [3.63, 3.8) is 0 Å². The molecule has 0 saturated carbocycles. The number of ether oxygens (including phenoxy) is 1. The van der Waals surface area contributed by atoms with Gasteiger partial charge in [-0.25, -0.2) is 0 Å². The zero-order valence-electron chi connectivity index (χ0n) is 8.52. The van der Waals surface area contributed by atoms with E-state index < -0.39 is 0 Å². The molecule has 1 fully saturated rings. The minimum absolute atomic E-state index is 0.135. The Bertz CT molecular complexity index is 335. The van der Waals surface area contributed by atoms with E-state index in [4.69, 9.17) is 9.84 Å². The molecule has 2 rings (SSSR count). The fourth-order valence-corrected chi connectivity index (χ4v) is 1.72. The number of aliphatic hydroxyl groups is 1. The predicted molar refractivity (Wildman–Crippen MR) is 57.1 cm³/mol. The maximum atomic E-state index is 9.43. The molecule has 4 heteroatoms. The molecule has 0 aromatic heterocycles. The molecule has 0 aliphatic carbocycles. The molecule has 4 nitrogen and oxygen atoms in total. The van der Waals surface area contributed by atoms with Crippen molar-refractivity contribution in [2.45, 2.75) is 6.61 Å². The number of hydrogen-bond donors (Lipinski definition) is 2. The molecule has 82 valence electrons. The molecule has 1 heterocycles. The average Bonchev–Trinajstić information content (AvgIpc) is 2.31. The first-order valence-electron chi connectivity index (χ1n) is 5.06. The van der Waals surface area contributed by atoms with Gasteiger partial charge in [0.05, 0.1) is 19.8 Å². The van der Waals surface area contributed by atoms with Crippen molar-refractivity contribution < 1.29 is 14.9 Å². The number of nitrogens with zero attached hydrogens (tertiary/aromatic N) is 1. The van der Waals surface area contributed by atoms with Gasteiger partial charge in [-0.2, -0.15) is 0 Å². The number of aliphatic hydroxyl groups excluding tert-OH is 1. The van der Waals surface area contributed by atoms with Crippen molar-refractivity contribution in [1.82, 2.24) is 0 Å². The summed E-state index contributed by atoms with van der Waals surface area (Å²) in [6, 6.07) is 5.30. The maximum absolute atomic E-state index is 9.43. The van der Waals surface area contributed by atoms with Crippen molar-refractivity contribution in [2.75, 3.05) is 31.2 Å². The van der Waals surface area contributed by atoms with Crippen molar-refractivity contribution in [3.05, 3.63) is 23.8 Å². The van der Waals surface area contributed by atoms with E-state index in [-0.39, 0.29) is 12.4 Å². The van der Waals surface area contributed by atoms with Crippen molar-refractivity contribution in [1.29, 1.82) is 0 Å². The van der Waals surface area contributed by atoms with Crippen LogP contribution in [0.1, 0.15) is 5.56 Å². The first kappa shape index (κ1) is 10.3. The van der Waals surface area contributed by atoms with E-state index in [1.54, 1.807) is 6.07 Å². The van der Waals surface area contributed by atoms with Gasteiger partial charge >= 0.3 is 0 Å². The van der Waals surface area contributed by atoms with Gasteiger partial charge in [-0.1, -0.05) is 0 Å². The molecular weight excluding hydrogens is 194 g/mol. The lowest BCUT2D eigenvalue weighted by atomic mass is 10.1. The van der Waals surface area contributed by atoms with Crippen molar-refractivity contribution >= 4 is 5.69 Å². The predicted octanol–water partition coefficient (Wildman–Crippen LogP) is 0.721. The highest BCUT2D eigenvalue weighted by Crippen LogP contribution is 2.24. The summed E-state index contributed by atoms with van der Waals surface area (Å²) in [6.45, 7) is 3.04. The Labute approximate surface area is 88.7 Å². The van der Waals surface area contributed by atoms with Crippen LogP contribution in [0.3, 0.4) is 0 Å². The average molecular weight is 209 g/mol. The Balaban J connectivity index is 2.20. The normalized spacial score (nSPS) is 16.7. The van der Waals surface area contributed by atoms with E-state index in [9.17, 15) is 5.11 Å². The van der Waals surface area contributed by atoms with E-state index >= 15 is 0 Å². The van der Waals surface area contributed by atoms with Crippen LogP contribution in [0.5, 0.6) is 5.75 Å². The summed E-state index contributed by atoms with van der Waals surface area (Å²) in [5.74, 6) is 0.148. The SMILES string of the molecule is OCc1cc(N2CCOCC2)ccc1O. The third kappa shape index (κ3) is 2.22. The Morgan fingerprint density at radius 3 is 2.67 bits per heavy atom. The van der Waals surface area contributed by atoms with E-state index in [0.29, 0.717) is 5.56 Å². The number of aromatic hydroxyl groups is 1. The Hall–Kier alpha value is -1.26. The van der Waals surface area contributed by atoms with E-state index in [1.807, 2.05) is 12.1 Å². The molecule has 1 aliphatic heterocycles. The van der Waals surface area contributed by atoms with Gasteiger partial charge in [0.25, 0.3) is 0 Å². The topological polar surface area (TPSA) is 52.9 Å². The van der Waals surface area contributed by atoms with Crippen LogP contribution in [0.2, 0.25) is 0 Å². The molecule has 0 spiro atoms. The second-order valence-electron chi connectivity index (χ2n) is 3.57. The summed E-state index contributed by atoms with van der Waals surface area (Å²) in [6.07, 6.45) is 0. The highest BCUT2D eigenvalue weighted by molar-refractivity contribution is 5.52. The quantitative estimate of drug-likeness (QED) is 0.753. The minimum atomic E-state index is -0.135. The summed E-state index contributed by atoms with van der Waals surface area (Å²) in [5.41, 5.74) is 1.60. The number of anilines is 1. The molecule has 0 atom stereocenters. The number of morpholine rings is 1. The molecular formula is C11H15NO3. The third-order valence-corrected chi connectivity index (χ3v) is 2.61. The standard InChI is InChI=1S/C11H15NO3/c13-8-9-7-10(1-2-11(9)14)12-3-5-15-6-4-12/h1-2,7,13-14H,3-6,8H2. The first-order chi connectivity index (χ1) is 7.31. The zero-order chi connectivity index (χ0) is 10.7. The second-order valence-corrected chi connectivity index (χ2v) is 3.57. The molecule has 1 saturated heterocycles. The summed E-state index contributed by atoms with van der Waals surface area (Å²) in [5, 5.41) is 18.5. The smallest absolute Gasteiger partial charge is 0.121 e. The van der Waals surface area contributed by atoms with Crippen LogP contribution in [0.25, 0.3) is 0 Å². The summed E-state index contributed by atoms with van der Waals surface area (Å²) in [4.78, 5) is 2.18. The lowest BCUT2D eigenvalue weighted by molar-refractivity contribution is 0.122. The Morgan fingerprint density at radius 1 is 1.27 bits per heavy atom. The minimum Gasteiger partial charge on any atom is -0.508 e. The lowest BCUT2D eigenvalue weighted by Gasteiger charge is -2.29. The monoisotopic (exact) mass is 209 g/mol. The molecule has 15 heavy (non-hydrogen) atoms. The lowest BCUT2D eigenvalue weighted by Crippen LogP contribution is -2.36. The van der Waals surface area contributed by atoms with Gasteiger partial charge in [0.15, 0.2) is 0 Å². The van der Waals surface area contributed by atoms with E-state index in [2.05, 4.69) is 4.90 Å². The highest BCUT2D eigenvalue weighted by Gasteiger charge is 2.12. The van der Waals surface area contributed by atoms with Gasteiger partial charge in [-0.15, -0.1) is 0 Å². The van der Waals surface area contributed by atoms with Crippen LogP contribution >= 0.6 is 0 Å². The summed E-state index contributed by atoms with van der Waals surface area (Å²) < 4.78 is 5.26. The summed E-state index contributed by atoms with van der Waals surface area (Å²) in [7, 11) is 0. The number of hydrogen-bond acceptors (Lipinski definition) is 4. The van der Waals surface area contributed by atoms with Crippen LogP contribution in [-0.4, -0.2) is 36.5 Å². The Morgan fingerprint density at radius 2 is 2.00 bits per heavy atom. The van der Waals surface area contributed by atoms with E-state index in [0.717, 1.165) is 32.0 Å². The molecule has 1 aromatic rings. The molecule has 1 aliphatic rings. The fraction of sp³-hybridized carbons (Fsp3) is 0.455. The van der Waals surface area contributed by atoms with Gasteiger partial charge in [0.1, 0.15) is 5.75 Å². The van der Waals surface area contributed by atoms with Gasteiger partial charge in [0, 0.05) is 24.3 Å². The molecule has 0 unspecified atom stereocenters. The number of phenols is 1. The van der Waals surface area contributed by atoms with Gasteiger partial charge < -0.3 is 19.8 Å². The van der Waals surface area contributed by atoms with Crippen molar-refractivity contribution in [3.8, 4) is 5.75 Å². The van der Waals surface area contributed by atoms with Crippen LogP contribution in [0.4, 0.5) is 5.69 Å². The van der Waals surface area contributed by atoms with Crippen LogP contribution < -0.4 is 4.90 Å². The molecule has 0 amide bonds. The van der Waals surface area contributed by atoms with E-state index in [1.165, 1.54) is 0 Å². The third-order valence-electron chi connectivity index (χ3n) is 2.61. The fourth-order valence-electron chi connectivity index (χ4n) is 1.72. The zero-order valence-corrected chi connectivity index (χ0v) is 8.52. The van der Waals surface area contributed by atoms with Gasteiger partial charge in [-0.05, 0) is 18.2 Å². The van der Waals surface area contributed by atoms with Crippen LogP contribution in [-0.2, 0) is 11.3 Å². The van der Waals surface area contributed by atoms with Crippen LogP contribution in [0, 0.1) is 0 Å². The van der Waals surface area contributed by atoms with Crippen LogP contribution in [0.15, 0.2) is 18.2 Å². The number of benzene rings is 1. The second kappa shape index (κ2) is 4.51. The first-order valence-corrected chi connectivity index (χ1v) is 5.06. The largest absolute Gasteiger partial charge is 0.508 e. The Kier molecular flexibility index (Phi) is 3.08. The van der Waals surface area contributed by atoms with Gasteiger partial charge in [0.2, 0.25) is 0 Å². The van der Waals surface area contributed by atoms with Gasteiger partial charge in [-0.3, -0.25) is 0 Å². The maximum Gasteiger partial charge on any atom is 0.121 e. The molecule has 0 radical (unpaired) electrons. The summed E-state index contributed by atoms with van der Waals surface area (Å²) >= 11 is 0. The molecule has 2 N–H and O–H groups in total. The van der Waals surface area contributed by atoms with Crippen molar-refractivity contribution in [2.24, 2.45) is 0 Å². The molecule has 1 aromatic carbocycles. The molecule has 0 bridgehead atoms.